The average molecular weight is 285 g/mol. The summed E-state index contributed by atoms with van der Waals surface area (Å²) in [5.74, 6) is 1.59. The third-order valence-corrected chi connectivity index (χ3v) is 3.60. The van der Waals surface area contributed by atoms with Crippen LogP contribution in [0.5, 0.6) is 0 Å². The van der Waals surface area contributed by atoms with E-state index in [1.807, 2.05) is 36.7 Å². The van der Waals surface area contributed by atoms with Crippen molar-refractivity contribution < 1.29 is 0 Å². The smallest absolute Gasteiger partial charge is 0.156 e. The Labute approximate surface area is 121 Å². The molecule has 0 atom stereocenters. The Kier molecular flexibility index (Phi) is 3.56. The summed E-state index contributed by atoms with van der Waals surface area (Å²) in [6.07, 6.45) is 7.27. The summed E-state index contributed by atoms with van der Waals surface area (Å²) in [7, 11) is 0. The molecule has 0 aromatic carbocycles. The van der Waals surface area contributed by atoms with E-state index >= 15 is 0 Å². The number of nitrogens with zero attached hydrogens (tertiary/aromatic N) is 5. The van der Waals surface area contributed by atoms with Crippen LogP contribution in [0.25, 0.3) is 11.6 Å². The molecular formula is C14H15N5S. The predicted octanol–water partition coefficient (Wildman–Crippen LogP) is 2.95. The Morgan fingerprint density at radius 1 is 0.950 bits per heavy atom. The Balaban J connectivity index is 2.08. The summed E-state index contributed by atoms with van der Waals surface area (Å²) >= 11 is 1.80. The highest BCUT2D eigenvalue weighted by Gasteiger charge is 2.08. The first-order chi connectivity index (χ1) is 9.72. The summed E-state index contributed by atoms with van der Waals surface area (Å²) < 4.78 is 3.52. The van der Waals surface area contributed by atoms with Crippen LogP contribution in [0.3, 0.4) is 0 Å². The van der Waals surface area contributed by atoms with Gasteiger partial charge in [0.2, 0.25) is 0 Å². The van der Waals surface area contributed by atoms with E-state index in [1.165, 1.54) is 0 Å². The molecule has 0 unspecified atom stereocenters. The van der Waals surface area contributed by atoms with E-state index in [1.54, 1.807) is 33.5 Å². The van der Waals surface area contributed by atoms with Crippen molar-refractivity contribution in [2.75, 3.05) is 0 Å². The summed E-state index contributed by atoms with van der Waals surface area (Å²) in [6.45, 7) is 4.35. The Bertz CT molecular complexity index is 621. The van der Waals surface area contributed by atoms with Crippen LogP contribution < -0.4 is 0 Å². The molecule has 0 aliphatic rings. The molecule has 102 valence electrons. The quantitative estimate of drug-likeness (QED) is 0.691. The minimum atomic E-state index is 0.508. The second-order valence-corrected chi connectivity index (χ2v) is 6.24. The lowest BCUT2D eigenvalue weighted by molar-refractivity contribution is 0.797. The predicted molar refractivity (Wildman–Crippen MR) is 79.5 cm³/mol. The van der Waals surface area contributed by atoms with Gasteiger partial charge >= 0.3 is 0 Å². The van der Waals surface area contributed by atoms with Crippen LogP contribution in [0.15, 0.2) is 53.9 Å². The molecule has 0 spiro atoms. The van der Waals surface area contributed by atoms with Gasteiger partial charge in [-0.15, -0.1) is 11.8 Å². The molecule has 0 aliphatic heterocycles. The van der Waals surface area contributed by atoms with E-state index < -0.39 is 0 Å². The summed E-state index contributed by atoms with van der Waals surface area (Å²) in [5.41, 5.74) is 0. The molecule has 3 aromatic rings. The highest BCUT2D eigenvalue weighted by atomic mass is 32.2. The molecule has 0 N–H and O–H groups in total. The van der Waals surface area contributed by atoms with Crippen LogP contribution in [0, 0.1) is 0 Å². The van der Waals surface area contributed by atoms with Gasteiger partial charge in [0.05, 0.1) is 0 Å². The zero-order valence-electron chi connectivity index (χ0n) is 11.3. The van der Waals surface area contributed by atoms with Crippen LogP contribution in [-0.4, -0.2) is 29.8 Å². The van der Waals surface area contributed by atoms with E-state index in [2.05, 4.69) is 29.0 Å². The number of hydrogen-bond acceptors (Lipinski definition) is 4. The molecule has 0 radical (unpaired) electrons. The fourth-order valence-electron chi connectivity index (χ4n) is 1.86. The number of aromatic nitrogens is 5. The van der Waals surface area contributed by atoms with Crippen molar-refractivity contribution in [1.29, 1.82) is 0 Å². The molecule has 0 saturated heterocycles. The minimum absolute atomic E-state index is 0.508. The van der Waals surface area contributed by atoms with Crippen molar-refractivity contribution in [3.63, 3.8) is 0 Å². The third kappa shape index (κ3) is 2.75. The molecule has 0 aliphatic carbocycles. The molecule has 3 heterocycles. The lowest BCUT2D eigenvalue weighted by Crippen LogP contribution is -2.05. The largest absolute Gasteiger partial charge is 0.223 e. The molecule has 6 heteroatoms. The first kappa shape index (κ1) is 12.9. The van der Waals surface area contributed by atoms with Crippen molar-refractivity contribution >= 4 is 11.8 Å². The minimum Gasteiger partial charge on any atom is -0.223 e. The lowest BCUT2D eigenvalue weighted by atomic mass is 10.4. The highest BCUT2D eigenvalue weighted by Crippen LogP contribution is 2.26. The van der Waals surface area contributed by atoms with Crippen molar-refractivity contribution in [2.45, 2.75) is 24.0 Å². The van der Waals surface area contributed by atoms with Crippen LogP contribution in [0.1, 0.15) is 13.8 Å². The zero-order chi connectivity index (χ0) is 13.9. The van der Waals surface area contributed by atoms with Crippen LogP contribution in [-0.2, 0) is 0 Å². The van der Waals surface area contributed by atoms with E-state index in [9.17, 15) is 0 Å². The van der Waals surface area contributed by atoms with Gasteiger partial charge in [0.25, 0.3) is 0 Å². The van der Waals surface area contributed by atoms with Crippen LogP contribution >= 0.6 is 11.8 Å². The molecule has 3 rings (SSSR count). The Morgan fingerprint density at radius 2 is 1.50 bits per heavy atom. The van der Waals surface area contributed by atoms with Gasteiger partial charge in [0, 0.05) is 34.9 Å². The molecule has 0 saturated carbocycles. The molecule has 3 aromatic heterocycles. The van der Waals surface area contributed by atoms with Crippen molar-refractivity contribution in [3.05, 3.63) is 49.1 Å². The summed E-state index contributed by atoms with van der Waals surface area (Å²) in [4.78, 5) is 5.77. The number of hydrogen-bond donors (Lipinski definition) is 0. The molecule has 5 nitrogen and oxygen atoms in total. The second kappa shape index (κ2) is 5.50. The normalized spacial score (nSPS) is 11.2. The molecular weight excluding hydrogens is 270 g/mol. The van der Waals surface area contributed by atoms with Gasteiger partial charge in [0.1, 0.15) is 0 Å². The van der Waals surface area contributed by atoms with E-state index in [0.29, 0.717) is 5.25 Å². The van der Waals surface area contributed by atoms with Crippen LogP contribution in [0.2, 0.25) is 0 Å². The molecule has 0 bridgehead atoms. The van der Waals surface area contributed by atoms with Gasteiger partial charge < -0.3 is 0 Å². The molecule has 0 fully saturated rings. The number of rotatable bonds is 4. The van der Waals surface area contributed by atoms with Gasteiger partial charge in [-0.1, -0.05) is 13.8 Å². The highest BCUT2D eigenvalue weighted by molar-refractivity contribution is 7.99. The SMILES string of the molecule is CC(C)Sc1cc(-n2cccn2)nc(-n2cccn2)c1. The van der Waals surface area contributed by atoms with Gasteiger partial charge in [0.15, 0.2) is 11.6 Å². The topological polar surface area (TPSA) is 48.5 Å². The fraction of sp³-hybridized carbons (Fsp3) is 0.214. The van der Waals surface area contributed by atoms with Gasteiger partial charge in [-0.2, -0.15) is 10.2 Å². The number of thioether (sulfide) groups is 1. The maximum absolute atomic E-state index is 4.61. The summed E-state index contributed by atoms with van der Waals surface area (Å²) in [5, 5.41) is 9.00. The lowest BCUT2D eigenvalue weighted by Gasteiger charge is -2.10. The first-order valence-corrected chi connectivity index (χ1v) is 7.29. The zero-order valence-corrected chi connectivity index (χ0v) is 12.2. The fourth-order valence-corrected chi connectivity index (χ4v) is 2.75. The third-order valence-electron chi connectivity index (χ3n) is 2.62. The van der Waals surface area contributed by atoms with Gasteiger partial charge in [-0.05, 0) is 24.3 Å². The summed E-state index contributed by atoms with van der Waals surface area (Å²) in [6, 6.07) is 7.87. The number of pyridine rings is 1. The van der Waals surface area contributed by atoms with Crippen molar-refractivity contribution in [3.8, 4) is 11.6 Å². The van der Waals surface area contributed by atoms with Gasteiger partial charge in [-0.25, -0.2) is 14.3 Å². The van der Waals surface area contributed by atoms with E-state index in [-0.39, 0.29) is 0 Å². The Hall–Kier alpha value is -2.08. The Morgan fingerprint density at radius 3 is 1.90 bits per heavy atom. The monoisotopic (exact) mass is 285 g/mol. The maximum atomic E-state index is 4.61. The van der Waals surface area contributed by atoms with E-state index in [4.69, 9.17) is 0 Å². The molecule has 20 heavy (non-hydrogen) atoms. The van der Waals surface area contributed by atoms with Crippen LogP contribution in [0.4, 0.5) is 0 Å². The molecule has 0 amide bonds. The van der Waals surface area contributed by atoms with E-state index in [0.717, 1.165) is 16.5 Å². The first-order valence-electron chi connectivity index (χ1n) is 6.41. The van der Waals surface area contributed by atoms with Crippen molar-refractivity contribution in [1.82, 2.24) is 24.5 Å². The standard InChI is InChI=1S/C14H15N5S/c1-11(2)20-12-9-13(18-7-3-5-15-18)17-14(10-12)19-8-4-6-16-19/h3-11H,1-2H3. The van der Waals surface area contributed by atoms with Gasteiger partial charge in [-0.3, -0.25) is 0 Å². The maximum Gasteiger partial charge on any atom is 0.156 e. The second-order valence-electron chi connectivity index (χ2n) is 4.59. The van der Waals surface area contributed by atoms with Crippen molar-refractivity contribution in [2.24, 2.45) is 0 Å². The average Bonchev–Trinajstić information content (AvgIpc) is 3.11.